The highest BCUT2D eigenvalue weighted by Crippen LogP contribution is 2.20. The van der Waals surface area contributed by atoms with E-state index in [1.807, 2.05) is 11.9 Å². The van der Waals surface area contributed by atoms with Crippen LogP contribution in [0.4, 0.5) is 0 Å². The molecule has 0 spiro atoms. The molecule has 1 heterocycles. The Labute approximate surface area is 124 Å². The average Bonchev–Trinajstić information content (AvgIpc) is 2.78. The van der Waals surface area contributed by atoms with Gasteiger partial charge in [-0.3, -0.25) is 0 Å². The van der Waals surface area contributed by atoms with Crippen molar-refractivity contribution >= 4 is 16.9 Å². The zero-order valence-corrected chi connectivity index (χ0v) is 13.4. The number of hydrogen-bond donors (Lipinski definition) is 0. The first-order chi connectivity index (χ1) is 9.43. The molecular formula is C12H24N4O3S. The van der Waals surface area contributed by atoms with E-state index < -0.39 is 5.03 Å². The Balaban J connectivity index is 2.35. The van der Waals surface area contributed by atoms with Crippen LogP contribution in [0, 0.1) is 22.0 Å². The van der Waals surface area contributed by atoms with Crippen molar-refractivity contribution in [2.75, 3.05) is 53.2 Å². The maximum atomic E-state index is 10.4. The van der Waals surface area contributed by atoms with E-state index in [-0.39, 0.29) is 0 Å². The summed E-state index contributed by atoms with van der Waals surface area (Å²) in [5, 5.41) is 13.6. The molecule has 0 amide bonds. The fourth-order valence-electron chi connectivity index (χ4n) is 2.19. The van der Waals surface area contributed by atoms with Crippen molar-refractivity contribution in [2.24, 2.45) is 16.9 Å². The van der Waals surface area contributed by atoms with E-state index >= 15 is 0 Å². The van der Waals surface area contributed by atoms with E-state index in [2.05, 4.69) is 24.0 Å². The smallest absolute Gasteiger partial charge is 0.237 e. The number of hydrogen-bond acceptors (Lipinski definition) is 5. The normalized spacial score (nSPS) is 23.4. The number of likely N-dealkylation sites (N-methyl/N-ethyl adjacent to an activating group) is 2. The molecule has 2 unspecified atom stereocenters. The van der Waals surface area contributed by atoms with Gasteiger partial charge in [-0.25, -0.2) is 10.1 Å². The maximum Gasteiger partial charge on any atom is 0.237 e. The molecule has 1 fully saturated rings. The molecule has 0 aliphatic carbocycles. The van der Waals surface area contributed by atoms with Crippen LogP contribution in [0.25, 0.3) is 0 Å². The molecule has 0 saturated carbocycles. The fourth-order valence-corrected chi connectivity index (χ4v) is 2.74. The molecule has 1 rings (SSSR count). The minimum Gasteiger partial charge on any atom is -0.381 e. The van der Waals surface area contributed by atoms with Crippen LogP contribution in [0.3, 0.4) is 0 Å². The van der Waals surface area contributed by atoms with Crippen molar-refractivity contribution in [3.8, 4) is 0 Å². The summed E-state index contributed by atoms with van der Waals surface area (Å²) in [6.07, 6.45) is 1.79. The minimum atomic E-state index is -0.649. The molecule has 0 aromatic rings. The van der Waals surface area contributed by atoms with Gasteiger partial charge in [-0.2, -0.15) is 0 Å². The summed E-state index contributed by atoms with van der Waals surface area (Å²) in [4.78, 5) is 14.5. The summed E-state index contributed by atoms with van der Waals surface area (Å²) in [7, 11) is 3.90. The lowest BCUT2D eigenvalue weighted by Gasteiger charge is -2.25. The Morgan fingerprint density at radius 3 is 2.65 bits per heavy atom. The summed E-state index contributed by atoms with van der Waals surface area (Å²) in [5.41, 5.74) is 0. The number of nitrogens with zero attached hydrogens (tertiary/aromatic N) is 4. The summed E-state index contributed by atoms with van der Waals surface area (Å²) < 4.78 is 5.46. The molecule has 1 aliphatic heterocycles. The number of thioether (sulfide) groups is 1. The van der Waals surface area contributed by atoms with Gasteiger partial charge in [0.2, 0.25) is 5.17 Å². The van der Waals surface area contributed by atoms with Gasteiger partial charge in [0.05, 0.1) is 11.7 Å². The number of hydrazone groups is 1. The van der Waals surface area contributed by atoms with E-state index in [1.165, 1.54) is 11.8 Å². The second kappa shape index (κ2) is 8.43. The number of amidine groups is 1. The fraction of sp³-hybridized carbons (Fsp3) is 0.917. The largest absolute Gasteiger partial charge is 0.381 e. The lowest BCUT2D eigenvalue weighted by atomic mass is 9.98. The highest BCUT2D eigenvalue weighted by atomic mass is 32.2. The van der Waals surface area contributed by atoms with Crippen LogP contribution in [0.1, 0.15) is 6.92 Å². The number of ether oxygens (including phenoxy) is 1. The van der Waals surface area contributed by atoms with Crippen molar-refractivity contribution in [2.45, 2.75) is 6.92 Å². The monoisotopic (exact) mass is 304 g/mol. The van der Waals surface area contributed by atoms with Gasteiger partial charge < -0.3 is 14.5 Å². The van der Waals surface area contributed by atoms with E-state index in [0.29, 0.717) is 23.5 Å². The van der Waals surface area contributed by atoms with Crippen LogP contribution in [0.2, 0.25) is 0 Å². The topological polar surface area (TPSA) is 71.2 Å². The predicted molar refractivity (Wildman–Crippen MR) is 81.5 cm³/mol. The van der Waals surface area contributed by atoms with Gasteiger partial charge in [0.25, 0.3) is 0 Å². The van der Waals surface area contributed by atoms with E-state index in [0.717, 1.165) is 26.3 Å². The van der Waals surface area contributed by atoms with Crippen molar-refractivity contribution in [3.63, 3.8) is 0 Å². The zero-order valence-electron chi connectivity index (χ0n) is 12.6. The molecule has 0 aromatic heterocycles. The van der Waals surface area contributed by atoms with Crippen LogP contribution < -0.4 is 0 Å². The molecule has 7 nitrogen and oxygen atoms in total. The number of nitro groups is 1. The van der Waals surface area contributed by atoms with Crippen LogP contribution in [0.15, 0.2) is 5.10 Å². The van der Waals surface area contributed by atoms with Crippen LogP contribution >= 0.6 is 11.8 Å². The van der Waals surface area contributed by atoms with E-state index in [9.17, 15) is 10.1 Å². The second-order valence-corrected chi connectivity index (χ2v) is 6.06. The highest BCUT2D eigenvalue weighted by Gasteiger charge is 2.25. The third kappa shape index (κ3) is 5.64. The van der Waals surface area contributed by atoms with Crippen molar-refractivity contribution in [1.29, 1.82) is 0 Å². The summed E-state index contributed by atoms with van der Waals surface area (Å²) in [6, 6.07) is 0. The SMILES string of the molecule is CSC(=N[N+](=O)[O-])N(C)CCN(C)CC1COCC1C. The molecule has 20 heavy (non-hydrogen) atoms. The molecule has 8 heteroatoms. The Hall–Kier alpha value is -0.860. The van der Waals surface area contributed by atoms with E-state index in [1.54, 1.807) is 6.26 Å². The Bertz CT molecular complexity index is 354. The molecule has 0 radical (unpaired) electrons. The van der Waals surface area contributed by atoms with Gasteiger partial charge in [-0.05, 0) is 25.1 Å². The summed E-state index contributed by atoms with van der Waals surface area (Å²) in [5.74, 6) is 1.19. The van der Waals surface area contributed by atoms with Crippen molar-refractivity contribution in [3.05, 3.63) is 10.1 Å². The standard InChI is InChI=1S/C12H24N4O3S/c1-10-8-19-9-11(10)7-14(2)5-6-15(3)12(20-4)13-16(17)18/h10-11H,5-9H2,1-4H3. The maximum absolute atomic E-state index is 10.4. The molecule has 0 N–H and O–H groups in total. The predicted octanol–water partition coefficient (Wildman–Crippen LogP) is 1.04. The molecular weight excluding hydrogens is 280 g/mol. The van der Waals surface area contributed by atoms with Gasteiger partial charge in [-0.1, -0.05) is 18.7 Å². The van der Waals surface area contributed by atoms with Crippen LogP contribution in [-0.2, 0) is 4.74 Å². The van der Waals surface area contributed by atoms with Crippen LogP contribution in [0.5, 0.6) is 0 Å². The van der Waals surface area contributed by atoms with Gasteiger partial charge in [0.15, 0.2) is 5.03 Å². The molecule has 116 valence electrons. The van der Waals surface area contributed by atoms with E-state index in [4.69, 9.17) is 4.74 Å². The van der Waals surface area contributed by atoms with Gasteiger partial charge in [0, 0.05) is 33.3 Å². The molecule has 1 saturated heterocycles. The lowest BCUT2D eigenvalue weighted by Crippen LogP contribution is -2.36. The summed E-state index contributed by atoms with van der Waals surface area (Å²) in [6.45, 7) is 6.46. The molecule has 2 atom stereocenters. The first kappa shape index (κ1) is 17.2. The first-order valence-electron chi connectivity index (χ1n) is 6.68. The molecule has 0 aromatic carbocycles. The van der Waals surface area contributed by atoms with Gasteiger partial charge in [0.1, 0.15) is 0 Å². The lowest BCUT2D eigenvalue weighted by molar-refractivity contribution is -0.485. The molecule has 1 aliphatic rings. The van der Waals surface area contributed by atoms with Gasteiger partial charge in [-0.15, -0.1) is 0 Å². The highest BCUT2D eigenvalue weighted by molar-refractivity contribution is 8.13. The van der Waals surface area contributed by atoms with Crippen LogP contribution in [-0.4, -0.2) is 73.2 Å². The quantitative estimate of drug-likeness (QED) is 0.316. The number of rotatable bonds is 6. The Morgan fingerprint density at radius 2 is 2.15 bits per heavy atom. The minimum absolute atomic E-state index is 0.431. The third-order valence-corrected chi connectivity index (χ3v) is 4.32. The molecule has 0 bridgehead atoms. The zero-order chi connectivity index (χ0) is 15.1. The second-order valence-electron chi connectivity index (χ2n) is 5.28. The van der Waals surface area contributed by atoms with Gasteiger partial charge >= 0.3 is 0 Å². The van der Waals surface area contributed by atoms with Crippen molar-refractivity contribution in [1.82, 2.24) is 9.80 Å². The Kier molecular flexibility index (Phi) is 7.25. The average molecular weight is 304 g/mol. The Morgan fingerprint density at radius 1 is 1.45 bits per heavy atom. The first-order valence-corrected chi connectivity index (χ1v) is 7.91. The summed E-state index contributed by atoms with van der Waals surface area (Å²) >= 11 is 1.29. The third-order valence-electron chi connectivity index (χ3n) is 3.56. The van der Waals surface area contributed by atoms with Crippen molar-refractivity contribution < 1.29 is 9.77 Å².